The van der Waals surface area contributed by atoms with Gasteiger partial charge < -0.3 is 24.2 Å². The van der Waals surface area contributed by atoms with Crippen molar-refractivity contribution in [2.45, 2.75) is 31.9 Å². The summed E-state index contributed by atoms with van der Waals surface area (Å²) < 4.78 is 30.0. The van der Waals surface area contributed by atoms with E-state index in [-0.39, 0.29) is 29.8 Å². The predicted molar refractivity (Wildman–Crippen MR) is 139 cm³/mol. The summed E-state index contributed by atoms with van der Waals surface area (Å²) in [5.41, 5.74) is 2.75. The molecule has 1 saturated heterocycles. The van der Waals surface area contributed by atoms with Crippen LogP contribution in [0.25, 0.3) is 5.76 Å². The number of benzene rings is 3. The van der Waals surface area contributed by atoms with E-state index in [9.17, 15) is 19.1 Å². The molecule has 0 bridgehead atoms. The highest BCUT2D eigenvalue weighted by Crippen LogP contribution is 2.42. The molecule has 3 aromatic rings. The third-order valence-electron chi connectivity index (χ3n) is 6.99. The first-order chi connectivity index (χ1) is 18.3. The van der Waals surface area contributed by atoms with Gasteiger partial charge in [-0.1, -0.05) is 18.2 Å². The smallest absolute Gasteiger partial charge is 0.295 e. The van der Waals surface area contributed by atoms with Crippen LogP contribution in [0.4, 0.5) is 4.39 Å². The van der Waals surface area contributed by atoms with E-state index >= 15 is 0 Å². The summed E-state index contributed by atoms with van der Waals surface area (Å²) >= 11 is 0. The molecule has 196 valence electrons. The number of carbonyl (C=O) groups is 2. The average molecular weight is 518 g/mol. The molecule has 38 heavy (non-hydrogen) atoms. The van der Waals surface area contributed by atoms with Crippen LogP contribution in [-0.4, -0.2) is 48.6 Å². The average Bonchev–Trinajstić information content (AvgIpc) is 3.42. The number of carbonyl (C=O) groups excluding carboxylic acids is 2. The number of fused-ring (bicyclic) bond motifs is 1. The highest BCUT2D eigenvalue weighted by molar-refractivity contribution is 6.46. The number of rotatable bonds is 7. The topological polar surface area (TPSA) is 85.3 Å². The summed E-state index contributed by atoms with van der Waals surface area (Å²) in [5.74, 6) is -0.434. The number of Topliss-reactive ketones (excluding diaryl/α,β-unsaturated/α-hetero) is 1. The fourth-order valence-corrected chi connectivity index (χ4v) is 5.11. The number of halogens is 1. The summed E-state index contributed by atoms with van der Waals surface area (Å²) in [6.07, 6.45) is 1.10. The van der Waals surface area contributed by atoms with Gasteiger partial charge in [0.2, 0.25) is 0 Å². The number of ketones is 1. The summed E-state index contributed by atoms with van der Waals surface area (Å²) in [6.45, 7) is 2.14. The second-order valence-corrected chi connectivity index (χ2v) is 9.44. The Morgan fingerprint density at radius 2 is 1.76 bits per heavy atom. The Morgan fingerprint density at radius 3 is 2.47 bits per heavy atom. The van der Waals surface area contributed by atoms with Crippen LogP contribution >= 0.6 is 0 Å². The van der Waals surface area contributed by atoms with E-state index in [0.717, 1.165) is 16.9 Å². The van der Waals surface area contributed by atoms with Gasteiger partial charge in [-0.25, -0.2) is 4.39 Å². The molecule has 0 radical (unpaired) electrons. The Kier molecular flexibility index (Phi) is 6.80. The molecule has 1 N–H and O–H groups in total. The third kappa shape index (κ3) is 4.58. The Labute approximate surface area is 220 Å². The molecule has 5 rings (SSSR count). The molecule has 2 aliphatic rings. The molecule has 0 aliphatic carbocycles. The van der Waals surface area contributed by atoms with Gasteiger partial charge in [0, 0.05) is 18.5 Å². The molecule has 0 saturated carbocycles. The summed E-state index contributed by atoms with van der Waals surface area (Å²) in [6, 6.07) is 15.5. The molecule has 0 spiro atoms. The van der Waals surface area contributed by atoms with Gasteiger partial charge in [0.15, 0.2) is 11.5 Å². The van der Waals surface area contributed by atoms with Crippen LogP contribution in [-0.2, 0) is 22.4 Å². The van der Waals surface area contributed by atoms with E-state index < -0.39 is 17.7 Å². The van der Waals surface area contributed by atoms with Crippen molar-refractivity contribution in [1.29, 1.82) is 0 Å². The van der Waals surface area contributed by atoms with Crippen LogP contribution in [0.5, 0.6) is 17.2 Å². The lowest BCUT2D eigenvalue weighted by atomic mass is 9.94. The van der Waals surface area contributed by atoms with E-state index in [4.69, 9.17) is 14.2 Å². The normalized spacial score (nSPS) is 19.8. The van der Waals surface area contributed by atoms with Crippen LogP contribution in [0, 0.1) is 5.82 Å². The number of ether oxygens (including phenoxy) is 3. The fourth-order valence-electron chi connectivity index (χ4n) is 5.11. The minimum Gasteiger partial charge on any atom is -0.507 e. The standard InChI is InChI=1S/C30H28FNO6/c1-17-14-21-15-20(7-10-23(21)38-17)28(33)26-27(19-6-11-24(36-2)25(16-19)37-3)32(30(35)29(26)34)13-12-18-4-8-22(31)9-5-18/h4-11,15-17,27,33H,12-14H2,1-3H3/b28-26+. The number of likely N-dealkylation sites (tertiary alicyclic amines) is 1. The van der Waals surface area contributed by atoms with Crippen molar-refractivity contribution < 1.29 is 33.3 Å². The van der Waals surface area contributed by atoms with Gasteiger partial charge in [0.1, 0.15) is 23.4 Å². The number of hydrogen-bond donors (Lipinski definition) is 1. The SMILES string of the molecule is COc1ccc(C2/C(=C(\O)c3ccc4c(c3)CC(C)O4)C(=O)C(=O)N2CCc2ccc(F)cc2)cc1OC. The van der Waals surface area contributed by atoms with Gasteiger partial charge in [-0.2, -0.15) is 0 Å². The fraction of sp³-hybridized carbons (Fsp3) is 0.267. The summed E-state index contributed by atoms with van der Waals surface area (Å²) in [7, 11) is 3.02. The molecule has 8 heteroatoms. The van der Waals surface area contributed by atoms with Crippen molar-refractivity contribution in [2.75, 3.05) is 20.8 Å². The maximum Gasteiger partial charge on any atom is 0.295 e. The number of hydrogen-bond acceptors (Lipinski definition) is 6. The van der Waals surface area contributed by atoms with Gasteiger partial charge in [0.25, 0.3) is 11.7 Å². The predicted octanol–water partition coefficient (Wildman–Crippen LogP) is 4.83. The zero-order valence-corrected chi connectivity index (χ0v) is 21.4. The van der Waals surface area contributed by atoms with Crippen LogP contribution in [0.1, 0.15) is 35.2 Å². The van der Waals surface area contributed by atoms with Gasteiger partial charge in [-0.3, -0.25) is 9.59 Å². The maximum atomic E-state index is 13.4. The Balaban J connectivity index is 1.59. The molecular weight excluding hydrogens is 489 g/mol. The maximum absolute atomic E-state index is 13.4. The molecule has 2 aliphatic heterocycles. The number of nitrogens with zero attached hydrogens (tertiary/aromatic N) is 1. The van der Waals surface area contributed by atoms with Crippen molar-refractivity contribution >= 4 is 17.4 Å². The van der Waals surface area contributed by atoms with Crippen molar-refractivity contribution in [3.05, 3.63) is 94.3 Å². The first-order valence-corrected chi connectivity index (χ1v) is 12.4. The number of aliphatic hydroxyl groups is 1. The van der Waals surface area contributed by atoms with E-state index in [1.165, 1.54) is 31.3 Å². The van der Waals surface area contributed by atoms with E-state index in [1.54, 1.807) is 48.5 Å². The van der Waals surface area contributed by atoms with E-state index in [0.29, 0.717) is 35.5 Å². The number of methoxy groups -OCH3 is 2. The van der Waals surface area contributed by atoms with Gasteiger partial charge in [-0.15, -0.1) is 0 Å². The zero-order valence-electron chi connectivity index (χ0n) is 21.4. The van der Waals surface area contributed by atoms with Gasteiger partial charge in [0.05, 0.1) is 25.8 Å². The lowest BCUT2D eigenvalue weighted by molar-refractivity contribution is -0.139. The molecule has 2 unspecified atom stereocenters. The van der Waals surface area contributed by atoms with Crippen LogP contribution in [0.15, 0.2) is 66.2 Å². The monoisotopic (exact) mass is 517 g/mol. The van der Waals surface area contributed by atoms with Gasteiger partial charge >= 0.3 is 0 Å². The Bertz CT molecular complexity index is 1430. The van der Waals surface area contributed by atoms with Crippen molar-refractivity contribution in [3.63, 3.8) is 0 Å². The van der Waals surface area contributed by atoms with Crippen molar-refractivity contribution in [1.82, 2.24) is 4.90 Å². The third-order valence-corrected chi connectivity index (χ3v) is 6.99. The van der Waals surface area contributed by atoms with Crippen LogP contribution in [0.2, 0.25) is 0 Å². The second-order valence-electron chi connectivity index (χ2n) is 9.44. The molecule has 3 aromatic carbocycles. The van der Waals surface area contributed by atoms with E-state index in [2.05, 4.69) is 0 Å². The highest BCUT2D eigenvalue weighted by Gasteiger charge is 2.46. The zero-order chi connectivity index (χ0) is 27.0. The highest BCUT2D eigenvalue weighted by atomic mass is 19.1. The van der Waals surface area contributed by atoms with Crippen molar-refractivity contribution in [2.24, 2.45) is 0 Å². The number of aliphatic hydroxyl groups excluding tert-OH is 1. The van der Waals surface area contributed by atoms with Crippen molar-refractivity contribution in [3.8, 4) is 17.2 Å². The first-order valence-electron chi connectivity index (χ1n) is 12.4. The molecule has 0 aromatic heterocycles. The molecule has 2 heterocycles. The Morgan fingerprint density at radius 1 is 1.03 bits per heavy atom. The van der Waals surface area contributed by atoms with Crippen LogP contribution < -0.4 is 14.2 Å². The van der Waals surface area contributed by atoms with Gasteiger partial charge in [-0.05, 0) is 72.5 Å². The largest absolute Gasteiger partial charge is 0.507 e. The molecule has 7 nitrogen and oxygen atoms in total. The molecule has 1 amide bonds. The Hall–Kier alpha value is -4.33. The molecule has 1 fully saturated rings. The number of amides is 1. The lowest BCUT2D eigenvalue weighted by Gasteiger charge is -2.26. The lowest BCUT2D eigenvalue weighted by Crippen LogP contribution is -2.31. The summed E-state index contributed by atoms with van der Waals surface area (Å²) in [5, 5.41) is 11.4. The minimum atomic E-state index is -0.862. The van der Waals surface area contributed by atoms with E-state index in [1.807, 2.05) is 6.92 Å². The van der Waals surface area contributed by atoms with Crippen LogP contribution in [0.3, 0.4) is 0 Å². The molecule has 2 atom stereocenters. The second kappa shape index (κ2) is 10.2. The summed E-state index contributed by atoms with van der Waals surface area (Å²) in [4.78, 5) is 28.1. The quantitative estimate of drug-likeness (QED) is 0.275. The molecular formula is C30H28FNO6. The first kappa shape index (κ1) is 25.3. The minimum absolute atomic E-state index is 0.00626.